The zero-order valence-corrected chi connectivity index (χ0v) is 17.0. The van der Waals surface area contributed by atoms with Crippen LogP contribution in [0.5, 0.6) is 5.75 Å². The molecule has 4 nitrogen and oxygen atoms in total. The third kappa shape index (κ3) is 6.06. The number of aliphatic hydroxyl groups excluding tert-OH is 1. The topological polar surface area (TPSA) is 49.8 Å². The van der Waals surface area contributed by atoms with E-state index in [2.05, 4.69) is 30.3 Å². The average Bonchev–Trinajstić information content (AvgIpc) is 2.76. The number of hydrogen-bond donors (Lipinski definition) is 1. The standard InChI is InChI=1S/C25H29NO3/c1-26(16-15-22-8-4-5-10-24(22)29-18-6-17-27)25(28)14-12-20-11-13-21-7-2-3-9-23(21)19-20/h2-5,7-11,13,19,27H,6,12,14-18H2,1H3. The molecule has 1 N–H and O–H groups in total. The van der Waals surface area contributed by atoms with Crippen LogP contribution in [0.15, 0.2) is 66.7 Å². The predicted octanol–water partition coefficient (Wildman–Crippen LogP) is 4.23. The first kappa shape index (κ1) is 20.9. The molecule has 0 spiro atoms. The van der Waals surface area contributed by atoms with Crippen LogP contribution in [0.1, 0.15) is 24.0 Å². The summed E-state index contributed by atoms with van der Waals surface area (Å²) in [4.78, 5) is 14.4. The third-order valence-corrected chi connectivity index (χ3v) is 5.12. The van der Waals surface area contributed by atoms with Gasteiger partial charge in [0.15, 0.2) is 0 Å². The summed E-state index contributed by atoms with van der Waals surface area (Å²) in [6, 6.07) is 22.6. The van der Waals surface area contributed by atoms with Gasteiger partial charge in [-0.3, -0.25) is 4.79 Å². The lowest BCUT2D eigenvalue weighted by molar-refractivity contribution is -0.129. The Bertz CT molecular complexity index is 938. The second-order valence-electron chi connectivity index (χ2n) is 7.28. The van der Waals surface area contributed by atoms with Gasteiger partial charge in [0.05, 0.1) is 6.61 Å². The number of amides is 1. The predicted molar refractivity (Wildman–Crippen MR) is 117 cm³/mol. The van der Waals surface area contributed by atoms with Gasteiger partial charge >= 0.3 is 0 Å². The number of ether oxygens (including phenoxy) is 1. The van der Waals surface area contributed by atoms with Gasteiger partial charge in [0.2, 0.25) is 5.91 Å². The first-order valence-corrected chi connectivity index (χ1v) is 10.2. The Balaban J connectivity index is 1.50. The summed E-state index contributed by atoms with van der Waals surface area (Å²) in [5.41, 5.74) is 2.27. The summed E-state index contributed by atoms with van der Waals surface area (Å²) in [6.45, 7) is 1.27. The van der Waals surface area contributed by atoms with Crippen molar-refractivity contribution in [2.45, 2.75) is 25.7 Å². The first-order valence-electron chi connectivity index (χ1n) is 10.2. The van der Waals surface area contributed by atoms with Crippen molar-refractivity contribution in [2.75, 3.05) is 26.8 Å². The number of likely N-dealkylation sites (N-methyl/N-ethyl adjacent to an activating group) is 1. The van der Waals surface area contributed by atoms with Crippen LogP contribution in [0.4, 0.5) is 0 Å². The molecule has 0 aliphatic heterocycles. The molecule has 0 aliphatic rings. The highest BCUT2D eigenvalue weighted by Crippen LogP contribution is 2.20. The Morgan fingerprint density at radius 3 is 2.55 bits per heavy atom. The van der Waals surface area contributed by atoms with Gasteiger partial charge in [0, 0.05) is 33.0 Å². The lowest BCUT2D eigenvalue weighted by Crippen LogP contribution is -2.29. The zero-order chi connectivity index (χ0) is 20.5. The SMILES string of the molecule is CN(CCc1ccccc1OCCCO)C(=O)CCc1ccc2ccccc2c1. The average molecular weight is 392 g/mol. The van der Waals surface area contributed by atoms with E-state index in [1.807, 2.05) is 43.4 Å². The highest BCUT2D eigenvalue weighted by molar-refractivity contribution is 5.83. The van der Waals surface area contributed by atoms with Gasteiger partial charge < -0.3 is 14.7 Å². The summed E-state index contributed by atoms with van der Waals surface area (Å²) >= 11 is 0. The number of para-hydroxylation sites is 1. The lowest BCUT2D eigenvalue weighted by Gasteiger charge is -2.18. The Morgan fingerprint density at radius 1 is 0.966 bits per heavy atom. The number of aliphatic hydroxyl groups is 1. The highest BCUT2D eigenvalue weighted by atomic mass is 16.5. The van der Waals surface area contributed by atoms with Crippen LogP contribution in [0.3, 0.4) is 0 Å². The Morgan fingerprint density at radius 2 is 1.72 bits per heavy atom. The number of nitrogens with zero attached hydrogens (tertiary/aromatic N) is 1. The van der Waals surface area contributed by atoms with Gasteiger partial charge in [-0.25, -0.2) is 0 Å². The normalized spacial score (nSPS) is 10.8. The molecule has 0 fully saturated rings. The molecule has 0 atom stereocenters. The molecule has 3 rings (SSSR count). The summed E-state index contributed by atoms with van der Waals surface area (Å²) in [7, 11) is 1.86. The van der Waals surface area contributed by atoms with Crippen molar-refractivity contribution in [3.63, 3.8) is 0 Å². The molecule has 4 heteroatoms. The van der Waals surface area contributed by atoms with E-state index < -0.39 is 0 Å². The summed E-state index contributed by atoms with van der Waals surface area (Å²) in [5.74, 6) is 0.981. The quantitative estimate of drug-likeness (QED) is 0.526. The fourth-order valence-corrected chi connectivity index (χ4v) is 3.35. The Kier molecular flexibility index (Phi) is 7.65. The van der Waals surface area contributed by atoms with Crippen molar-refractivity contribution < 1.29 is 14.6 Å². The molecule has 0 saturated carbocycles. The Hall–Kier alpha value is -2.85. The molecule has 3 aromatic carbocycles. The van der Waals surface area contributed by atoms with Crippen LogP contribution >= 0.6 is 0 Å². The van der Waals surface area contributed by atoms with E-state index in [1.54, 1.807) is 4.90 Å². The van der Waals surface area contributed by atoms with E-state index in [0.29, 0.717) is 26.0 Å². The molecular weight excluding hydrogens is 362 g/mol. The van der Waals surface area contributed by atoms with E-state index in [1.165, 1.54) is 16.3 Å². The third-order valence-electron chi connectivity index (χ3n) is 5.12. The maximum Gasteiger partial charge on any atom is 0.222 e. The van der Waals surface area contributed by atoms with Crippen molar-refractivity contribution in [1.29, 1.82) is 0 Å². The molecule has 0 unspecified atom stereocenters. The van der Waals surface area contributed by atoms with Crippen molar-refractivity contribution in [1.82, 2.24) is 4.90 Å². The summed E-state index contributed by atoms with van der Waals surface area (Å²) in [5, 5.41) is 11.3. The molecular formula is C25H29NO3. The van der Waals surface area contributed by atoms with Crippen molar-refractivity contribution >= 4 is 16.7 Å². The Labute approximate surface area is 172 Å². The molecule has 3 aromatic rings. The van der Waals surface area contributed by atoms with Crippen LogP contribution in [0, 0.1) is 0 Å². The minimum absolute atomic E-state index is 0.122. The highest BCUT2D eigenvalue weighted by Gasteiger charge is 2.11. The lowest BCUT2D eigenvalue weighted by atomic mass is 10.0. The van der Waals surface area contributed by atoms with Gasteiger partial charge in [-0.1, -0.05) is 60.7 Å². The van der Waals surface area contributed by atoms with Gasteiger partial charge in [-0.2, -0.15) is 0 Å². The van der Waals surface area contributed by atoms with Crippen LogP contribution in [0.2, 0.25) is 0 Å². The van der Waals surface area contributed by atoms with Gasteiger partial charge in [-0.05, 0) is 40.8 Å². The van der Waals surface area contributed by atoms with E-state index in [-0.39, 0.29) is 12.5 Å². The number of carbonyl (C=O) groups is 1. The van der Waals surface area contributed by atoms with Crippen molar-refractivity contribution in [2.24, 2.45) is 0 Å². The number of fused-ring (bicyclic) bond motifs is 1. The van der Waals surface area contributed by atoms with Crippen LogP contribution in [-0.4, -0.2) is 42.7 Å². The first-order chi connectivity index (χ1) is 14.2. The van der Waals surface area contributed by atoms with E-state index in [4.69, 9.17) is 9.84 Å². The zero-order valence-electron chi connectivity index (χ0n) is 17.0. The molecule has 0 saturated heterocycles. The number of aryl methyl sites for hydroxylation is 1. The minimum atomic E-state index is 0.122. The van der Waals surface area contributed by atoms with Crippen LogP contribution in [-0.2, 0) is 17.6 Å². The molecule has 1 amide bonds. The second kappa shape index (κ2) is 10.6. The maximum absolute atomic E-state index is 12.6. The second-order valence-corrected chi connectivity index (χ2v) is 7.28. The van der Waals surface area contributed by atoms with Crippen LogP contribution < -0.4 is 4.74 Å². The number of hydrogen-bond acceptors (Lipinski definition) is 3. The fourth-order valence-electron chi connectivity index (χ4n) is 3.35. The number of benzene rings is 3. The molecule has 0 heterocycles. The van der Waals surface area contributed by atoms with E-state index in [9.17, 15) is 4.79 Å². The molecule has 0 aromatic heterocycles. The molecule has 152 valence electrons. The monoisotopic (exact) mass is 391 g/mol. The van der Waals surface area contributed by atoms with E-state index in [0.717, 1.165) is 24.2 Å². The van der Waals surface area contributed by atoms with Gasteiger partial charge in [0.25, 0.3) is 0 Å². The number of carbonyl (C=O) groups excluding carboxylic acids is 1. The van der Waals surface area contributed by atoms with Crippen molar-refractivity contribution in [3.05, 3.63) is 77.9 Å². The summed E-state index contributed by atoms with van der Waals surface area (Å²) in [6.07, 6.45) is 2.60. The van der Waals surface area contributed by atoms with E-state index >= 15 is 0 Å². The van der Waals surface area contributed by atoms with Gasteiger partial charge in [0.1, 0.15) is 5.75 Å². The van der Waals surface area contributed by atoms with Crippen molar-refractivity contribution in [3.8, 4) is 5.75 Å². The van der Waals surface area contributed by atoms with Crippen LogP contribution in [0.25, 0.3) is 10.8 Å². The molecule has 0 radical (unpaired) electrons. The number of rotatable bonds is 10. The molecule has 0 aliphatic carbocycles. The largest absolute Gasteiger partial charge is 0.493 e. The fraction of sp³-hybridized carbons (Fsp3) is 0.320. The van der Waals surface area contributed by atoms with Gasteiger partial charge in [-0.15, -0.1) is 0 Å². The summed E-state index contributed by atoms with van der Waals surface area (Å²) < 4.78 is 5.75. The maximum atomic E-state index is 12.6. The molecule has 0 bridgehead atoms. The smallest absolute Gasteiger partial charge is 0.222 e. The minimum Gasteiger partial charge on any atom is -0.493 e. The molecule has 29 heavy (non-hydrogen) atoms.